The highest BCUT2D eigenvalue weighted by molar-refractivity contribution is 7.15. The zero-order valence-corrected chi connectivity index (χ0v) is 15.2. The van der Waals surface area contributed by atoms with Crippen molar-refractivity contribution < 1.29 is 14.5 Å². The molecule has 3 aromatic rings. The molecule has 0 fully saturated rings. The predicted octanol–water partition coefficient (Wildman–Crippen LogP) is 3.84. The van der Waals surface area contributed by atoms with Crippen LogP contribution < -0.4 is 10.1 Å². The number of anilines is 1. The predicted molar refractivity (Wildman–Crippen MR) is 101 cm³/mol. The highest BCUT2D eigenvalue weighted by Gasteiger charge is 2.13. The van der Waals surface area contributed by atoms with Crippen molar-refractivity contribution in [2.45, 2.75) is 20.0 Å². The number of aromatic nitrogens is 2. The molecule has 0 aliphatic rings. The number of para-hydroxylation sites is 1. The van der Waals surface area contributed by atoms with E-state index in [1.165, 1.54) is 35.6 Å². The molecule has 0 saturated carbocycles. The second kappa shape index (κ2) is 8.37. The lowest BCUT2D eigenvalue weighted by molar-refractivity contribution is -0.384. The van der Waals surface area contributed by atoms with Gasteiger partial charge in [-0.1, -0.05) is 36.5 Å². The molecule has 0 unspecified atom stereocenters. The van der Waals surface area contributed by atoms with Gasteiger partial charge in [0.05, 0.1) is 4.92 Å². The molecule has 0 saturated heterocycles. The Kier molecular flexibility index (Phi) is 5.72. The number of carbonyl (C=O) groups is 1. The summed E-state index contributed by atoms with van der Waals surface area (Å²) in [7, 11) is 0. The highest BCUT2D eigenvalue weighted by Crippen LogP contribution is 2.22. The molecule has 1 N–H and O–H groups in total. The van der Waals surface area contributed by atoms with Gasteiger partial charge in [-0.3, -0.25) is 20.2 Å². The van der Waals surface area contributed by atoms with Crippen LogP contribution in [0.1, 0.15) is 27.9 Å². The molecule has 0 spiro atoms. The van der Waals surface area contributed by atoms with E-state index in [0.717, 1.165) is 17.7 Å². The number of carbonyl (C=O) groups excluding carboxylic acids is 1. The van der Waals surface area contributed by atoms with Crippen molar-refractivity contribution in [2.24, 2.45) is 0 Å². The third-order valence-corrected chi connectivity index (χ3v) is 4.54. The van der Waals surface area contributed by atoms with Crippen molar-refractivity contribution in [3.8, 4) is 5.75 Å². The van der Waals surface area contributed by atoms with Crippen LogP contribution in [0.5, 0.6) is 5.75 Å². The number of nitrogens with zero attached hydrogens (tertiary/aromatic N) is 3. The summed E-state index contributed by atoms with van der Waals surface area (Å²) < 4.78 is 5.78. The fraction of sp³-hybridized carbons (Fsp3) is 0.167. The second-order valence-electron chi connectivity index (χ2n) is 5.51. The third kappa shape index (κ3) is 4.64. The number of amides is 1. The van der Waals surface area contributed by atoms with Gasteiger partial charge in [0.1, 0.15) is 12.4 Å². The van der Waals surface area contributed by atoms with Gasteiger partial charge in [-0.25, -0.2) is 0 Å². The first-order valence-electron chi connectivity index (χ1n) is 8.15. The van der Waals surface area contributed by atoms with Crippen LogP contribution in [0, 0.1) is 10.1 Å². The minimum absolute atomic E-state index is 0.0748. The quantitative estimate of drug-likeness (QED) is 0.490. The van der Waals surface area contributed by atoms with Crippen LogP contribution >= 0.6 is 11.3 Å². The molecular formula is C18H16N4O4S. The van der Waals surface area contributed by atoms with Crippen LogP contribution in [0.25, 0.3) is 0 Å². The van der Waals surface area contributed by atoms with Crippen LogP contribution in [0.15, 0.2) is 48.5 Å². The first kappa shape index (κ1) is 18.5. The van der Waals surface area contributed by atoms with E-state index >= 15 is 0 Å². The van der Waals surface area contributed by atoms with Gasteiger partial charge in [0.15, 0.2) is 5.01 Å². The van der Waals surface area contributed by atoms with Crippen molar-refractivity contribution in [1.29, 1.82) is 0 Å². The van der Waals surface area contributed by atoms with E-state index < -0.39 is 10.8 Å². The summed E-state index contributed by atoms with van der Waals surface area (Å²) in [5, 5.41) is 22.2. The van der Waals surface area contributed by atoms with E-state index in [-0.39, 0.29) is 12.3 Å². The van der Waals surface area contributed by atoms with Gasteiger partial charge in [0, 0.05) is 17.7 Å². The Morgan fingerprint density at radius 3 is 2.63 bits per heavy atom. The molecule has 0 bridgehead atoms. The van der Waals surface area contributed by atoms with Crippen LogP contribution in [-0.2, 0) is 13.0 Å². The molecule has 0 aliphatic heterocycles. The van der Waals surface area contributed by atoms with Crippen molar-refractivity contribution in [2.75, 3.05) is 5.32 Å². The van der Waals surface area contributed by atoms with Crippen LogP contribution in [0.3, 0.4) is 0 Å². The molecule has 8 nitrogen and oxygen atoms in total. The molecule has 27 heavy (non-hydrogen) atoms. The molecule has 1 heterocycles. The van der Waals surface area contributed by atoms with E-state index in [4.69, 9.17) is 4.74 Å². The van der Waals surface area contributed by atoms with Gasteiger partial charge < -0.3 is 4.74 Å². The average Bonchev–Trinajstić information content (AvgIpc) is 3.14. The fourth-order valence-electron chi connectivity index (χ4n) is 2.34. The summed E-state index contributed by atoms with van der Waals surface area (Å²) in [4.78, 5) is 22.3. The molecule has 2 aromatic carbocycles. The number of ether oxygens (including phenoxy) is 1. The first-order valence-corrected chi connectivity index (χ1v) is 8.97. The lowest BCUT2D eigenvalue weighted by Gasteiger charge is -2.08. The minimum Gasteiger partial charge on any atom is -0.486 e. The van der Waals surface area contributed by atoms with Crippen LogP contribution in [-0.4, -0.2) is 21.0 Å². The van der Waals surface area contributed by atoms with Crippen LogP contribution in [0.4, 0.5) is 10.8 Å². The molecule has 0 atom stereocenters. The summed E-state index contributed by atoms with van der Waals surface area (Å²) in [5.74, 6) is 0.386. The molecule has 1 amide bonds. The zero-order chi connectivity index (χ0) is 19.2. The maximum Gasteiger partial charge on any atom is 0.269 e. The normalized spacial score (nSPS) is 10.4. The molecule has 1 aromatic heterocycles. The van der Waals surface area contributed by atoms with Crippen molar-refractivity contribution in [1.82, 2.24) is 10.2 Å². The topological polar surface area (TPSA) is 107 Å². The van der Waals surface area contributed by atoms with Crippen LogP contribution in [0.2, 0.25) is 0 Å². The molecule has 138 valence electrons. The maximum absolute atomic E-state index is 12.2. The van der Waals surface area contributed by atoms with Crippen molar-refractivity contribution >= 4 is 28.1 Å². The smallest absolute Gasteiger partial charge is 0.269 e. The Hall–Kier alpha value is -3.33. The number of nitro benzene ring substituents is 1. The van der Waals surface area contributed by atoms with E-state index in [1.807, 2.05) is 24.3 Å². The van der Waals surface area contributed by atoms with E-state index in [0.29, 0.717) is 15.7 Å². The monoisotopic (exact) mass is 384 g/mol. The van der Waals surface area contributed by atoms with Crippen molar-refractivity contribution in [3.05, 3.63) is 74.8 Å². The second-order valence-corrected chi connectivity index (χ2v) is 6.57. The summed E-state index contributed by atoms with van der Waals surface area (Å²) in [5.41, 5.74) is 1.33. The minimum atomic E-state index is -0.518. The van der Waals surface area contributed by atoms with Gasteiger partial charge in [-0.05, 0) is 30.2 Å². The molecule has 0 aliphatic carbocycles. The fourth-order valence-corrected chi connectivity index (χ4v) is 2.99. The Bertz CT molecular complexity index is 956. The zero-order valence-electron chi connectivity index (χ0n) is 14.4. The molecule has 0 radical (unpaired) electrons. The van der Waals surface area contributed by atoms with E-state index in [1.54, 1.807) is 0 Å². The number of hydrogen-bond acceptors (Lipinski definition) is 7. The standard InChI is InChI=1S/C18H16N4O4S/c1-2-12-5-3-4-6-15(12)26-11-16-20-21-18(27-16)19-17(23)13-7-9-14(10-8-13)22(24)25/h3-10H,2,11H2,1H3,(H,19,21,23). The Morgan fingerprint density at radius 1 is 1.19 bits per heavy atom. The number of nitro groups is 1. The molecule has 3 rings (SSSR count). The lowest BCUT2D eigenvalue weighted by atomic mass is 10.1. The van der Waals surface area contributed by atoms with Gasteiger partial charge in [0.2, 0.25) is 5.13 Å². The lowest BCUT2D eigenvalue weighted by Crippen LogP contribution is -2.11. The van der Waals surface area contributed by atoms with E-state index in [2.05, 4.69) is 22.4 Å². The summed E-state index contributed by atoms with van der Waals surface area (Å²) in [6, 6.07) is 13.1. The highest BCUT2D eigenvalue weighted by atomic mass is 32.1. The number of benzene rings is 2. The summed E-state index contributed by atoms with van der Waals surface area (Å²) in [6.45, 7) is 2.31. The van der Waals surface area contributed by atoms with E-state index in [9.17, 15) is 14.9 Å². The molecule has 9 heteroatoms. The van der Waals surface area contributed by atoms with Crippen molar-refractivity contribution in [3.63, 3.8) is 0 Å². The summed E-state index contributed by atoms with van der Waals surface area (Å²) in [6.07, 6.45) is 0.864. The Balaban J connectivity index is 1.60. The number of non-ortho nitro benzene ring substituents is 1. The largest absolute Gasteiger partial charge is 0.486 e. The summed E-state index contributed by atoms with van der Waals surface area (Å²) >= 11 is 1.21. The number of nitrogens with one attached hydrogen (secondary N) is 1. The first-order chi connectivity index (χ1) is 13.1. The Labute approximate surface area is 159 Å². The maximum atomic E-state index is 12.2. The van der Waals surface area contributed by atoms with Gasteiger partial charge in [-0.15, -0.1) is 10.2 Å². The van der Waals surface area contributed by atoms with Gasteiger partial charge in [-0.2, -0.15) is 0 Å². The molecular weight excluding hydrogens is 368 g/mol. The number of rotatable bonds is 7. The van der Waals surface area contributed by atoms with Gasteiger partial charge in [0.25, 0.3) is 11.6 Å². The Morgan fingerprint density at radius 2 is 1.93 bits per heavy atom. The number of aryl methyl sites for hydroxylation is 1. The third-order valence-electron chi connectivity index (χ3n) is 3.73. The SMILES string of the molecule is CCc1ccccc1OCc1nnc(NC(=O)c2ccc([N+](=O)[O-])cc2)s1. The number of hydrogen-bond donors (Lipinski definition) is 1. The average molecular weight is 384 g/mol. The van der Waals surface area contributed by atoms with Gasteiger partial charge >= 0.3 is 0 Å².